The van der Waals surface area contributed by atoms with Crippen LogP contribution in [0, 0.1) is 17.0 Å². The maximum absolute atomic E-state index is 13.7. The number of nitrogens with one attached hydrogen (secondary N) is 2. The normalized spacial score (nSPS) is 16.8. The average Bonchev–Trinajstić information content (AvgIpc) is 2.33. The molecule has 0 amide bonds. The van der Waals surface area contributed by atoms with Crippen molar-refractivity contribution in [2.75, 3.05) is 23.7 Å². The van der Waals surface area contributed by atoms with Crippen molar-refractivity contribution < 1.29 is 8.78 Å². The number of aromatic nitrogens is 1. The lowest BCUT2D eigenvalue weighted by atomic mass is 9.67. The molecule has 19 heavy (non-hydrogen) atoms. The quantitative estimate of drug-likeness (QED) is 0.825. The standard InChI is InChI=1S/C14H21F2N3/c1-3-14(6-5-7-14)9-18-13-11(16)8-10(15)12(19-13)17-4-2/h8H,3-7,9H2,1-2H3,(H2,17,18,19). The molecule has 0 atom stereocenters. The molecule has 0 aromatic carbocycles. The van der Waals surface area contributed by atoms with Gasteiger partial charge in [-0.3, -0.25) is 0 Å². The molecule has 1 aromatic rings. The van der Waals surface area contributed by atoms with Gasteiger partial charge in [-0.05, 0) is 31.6 Å². The Morgan fingerprint density at radius 2 is 1.79 bits per heavy atom. The molecule has 106 valence electrons. The van der Waals surface area contributed by atoms with E-state index in [2.05, 4.69) is 22.5 Å². The van der Waals surface area contributed by atoms with Gasteiger partial charge in [0, 0.05) is 19.2 Å². The highest BCUT2D eigenvalue weighted by Crippen LogP contribution is 2.43. The summed E-state index contributed by atoms with van der Waals surface area (Å²) in [6.45, 7) is 5.25. The molecule has 1 saturated carbocycles. The highest BCUT2D eigenvalue weighted by atomic mass is 19.1. The maximum atomic E-state index is 13.7. The molecule has 0 saturated heterocycles. The Labute approximate surface area is 112 Å². The van der Waals surface area contributed by atoms with Crippen LogP contribution < -0.4 is 10.6 Å². The zero-order chi connectivity index (χ0) is 13.9. The van der Waals surface area contributed by atoms with Gasteiger partial charge in [0.1, 0.15) is 0 Å². The fraction of sp³-hybridized carbons (Fsp3) is 0.643. The number of hydrogen-bond acceptors (Lipinski definition) is 3. The minimum atomic E-state index is -0.654. The fourth-order valence-electron chi connectivity index (χ4n) is 2.49. The Morgan fingerprint density at radius 3 is 2.26 bits per heavy atom. The molecule has 1 aromatic heterocycles. The van der Waals surface area contributed by atoms with Crippen LogP contribution in [0.2, 0.25) is 0 Å². The third kappa shape index (κ3) is 2.96. The van der Waals surface area contributed by atoms with E-state index in [4.69, 9.17) is 0 Å². The summed E-state index contributed by atoms with van der Waals surface area (Å²) in [7, 11) is 0. The summed E-state index contributed by atoms with van der Waals surface area (Å²) >= 11 is 0. The molecule has 1 aliphatic rings. The second-order valence-electron chi connectivity index (χ2n) is 5.24. The van der Waals surface area contributed by atoms with Gasteiger partial charge in [-0.2, -0.15) is 0 Å². The number of pyridine rings is 1. The summed E-state index contributed by atoms with van der Waals surface area (Å²) in [5.41, 5.74) is 0.265. The minimum Gasteiger partial charge on any atom is -0.368 e. The minimum absolute atomic E-state index is 0.102. The van der Waals surface area contributed by atoms with Gasteiger partial charge in [0.15, 0.2) is 23.3 Å². The Kier molecular flexibility index (Phi) is 4.22. The molecule has 5 heteroatoms. The molecule has 1 fully saturated rings. The van der Waals surface area contributed by atoms with E-state index in [0.717, 1.165) is 12.5 Å². The van der Waals surface area contributed by atoms with E-state index in [1.54, 1.807) is 0 Å². The Balaban J connectivity index is 2.08. The summed E-state index contributed by atoms with van der Waals surface area (Å²) in [5, 5.41) is 5.83. The molecule has 3 nitrogen and oxygen atoms in total. The first-order chi connectivity index (χ1) is 9.10. The highest BCUT2D eigenvalue weighted by Gasteiger charge is 2.35. The lowest BCUT2D eigenvalue weighted by Gasteiger charge is -2.41. The van der Waals surface area contributed by atoms with Gasteiger partial charge in [0.25, 0.3) is 0 Å². The van der Waals surface area contributed by atoms with E-state index in [1.807, 2.05) is 6.92 Å². The summed E-state index contributed by atoms with van der Waals surface area (Å²) in [4.78, 5) is 3.99. The number of anilines is 2. The van der Waals surface area contributed by atoms with Crippen LogP contribution in [0.25, 0.3) is 0 Å². The monoisotopic (exact) mass is 269 g/mol. The summed E-state index contributed by atoms with van der Waals surface area (Å²) in [5.74, 6) is -1.05. The molecular formula is C14H21F2N3. The van der Waals surface area contributed by atoms with Gasteiger partial charge in [-0.1, -0.05) is 13.3 Å². The van der Waals surface area contributed by atoms with Crippen molar-refractivity contribution in [3.8, 4) is 0 Å². The van der Waals surface area contributed by atoms with Gasteiger partial charge in [-0.15, -0.1) is 0 Å². The third-order valence-electron chi connectivity index (χ3n) is 4.07. The Hall–Kier alpha value is -1.39. The molecule has 0 bridgehead atoms. The SMILES string of the molecule is CCNc1nc(NCC2(CC)CCC2)c(F)cc1F. The summed E-state index contributed by atoms with van der Waals surface area (Å²) in [6.07, 6.45) is 4.64. The van der Waals surface area contributed by atoms with Gasteiger partial charge >= 0.3 is 0 Å². The van der Waals surface area contributed by atoms with Gasteiger partial charge in [0.2, 0.25) is 0 Å². The molecule has 2 N–H and O–H groups in total. The van der Waals surface area contributed by atoms with Crippen molar-refractivity contribution in [3.63, 3.8) is 0 Å². The van der Waals surface area contributed by atoms with Crippen LogP contribution in [0.3, 0.4) is 0 Å². The van der Waals surface area contributed by atoms with Gasteiger partial charge in [0.05, 0.1) is 0 Å². The topological polar surface area (TPSA) is 37.0 Å². The molecule has 0 unspecified atom stereocenters. The first-order valence-corrected chi connectivity index (χ1v) is 6.94. The van der Waals surface area contributed by atoms with Crippen molar-refractivity contribution in [1.82, 2.24) is 4.98 Å². The molecule has 2 rings (SSSR count). The molecular weight excluding hydrogens is 248 g/mol. The van der Waals surface area contributed by atoms with Crippen LogP contribution in [-0.4, -0.2) is 18.1 Å². The highest BCUT2D eigenvalue weighted by molar-refractivity contribution is 5.47. The van der Waals surface area contributed by atoms with Crippen LogP contribution in [-0.2, 0) is 0 Å². The van der Waals surface area contributed by atoms with E-state index in [9.17, 15) is 8.78 Å². The Bertz CT molecular complexity index is 439. The van der Waals surface area contributed by atoms with Gasteiger partial charge < -0.3 is 10.6 Å². The maximum Gasteiger partial charge on any atom is 0.168 e. The van der Waals surface area contributed by atoms with E-state index in [1.165, 1.54) is 19.3 Å². The van der Waals surface area contributed by atoms with Crippen LogP contribution >= 0.6 is 0 Å². The number of rotatable bonds is 6. The molecule has 0 aliphatic heterocycles. The van der Waals surface area contributed by atoms with E-state index in [-0.39, 0.29) is 17.1 Å². The van der Waals surface area contributed by atoms with Crippen LogP contribution in [0.1, 0.15) is 39.5 Å². The lowest BCUT2D eigenvalue weighted by molar-refractivity contribution is 0.144. The van der Waals surface area contributed by atoms with E-state index >= 15 is 0 Å². The summed E-state index contributed by atoms with van der Waals surface area (Å²) in [6, 6.07) is 0.882. The summed E-state index contributed by atoms with van der Waals surface area (Å²) < 4.78 is 27.1. The predicted octanol–water partition coefficient (Wildman–Crippen LogP) is 3.78. The van der Waals surface area contributed by atoms with Crippen molar-refractivity contribution in [2.24, 2.45) is 5.41 Å². The second-order valence-corrected chi connectivity index (χ2v) is 5.24. The average molecular weight is 269 g/mol. The lowest BCUT2D eigenvalue weighted by Crippen LogP contribution is -2.36. The van der Waals surface area contributed by atoms with Gasteiger partial charge in [-0.25, -0.2) is 13.8 Å². The number of hydrogen-bond donors (Lipinski definition) is 2. The van der Waals surface area contributed by atoms with Crippen LogP contribution in [0.15, 0.2) is 6.07 Å². The van der Waals surface area contributed by atoms with E-state index < -0.39 is 11.6 Å². The van der Waals surface area contributed by atoms with E-state index in [0.29, 0.717) is 13.1 Å². The Morgan fingerprint density at radius 1 is 1.16 bits per heavy atom. The predicted molar refractivity (Wildman–Crippen MR) is 73.4 cm³/mol. The van der Waals surface area contributed by atoms with Crippen LogP contribution in [0.4, 0.5) is 20.4 Å². The molecule has 1 heterocycles. The van der Waals surface area contributed by atoms with Crippen LogP contribution in [0.5, 0.6) is 0 Å². The largest absolute Gasteiger partial charge is 0.368 e. The number of nitrogens with zero attached hydrogens (tertiary/aromatic N) is 1. The first kappa shape index (κ1) is 14.0. The zero-order valence-electron chi connectivity index (χ0n) is 11.5. The van der Waals surface area contributed by atoms with Crippen molar-refractivity contribution in [2.45, 2.75) is 39.5 Å². The smallest absolute Gasteiger partial charge is 0.168 e. The zero-order valence-corrected chi connectivity index (χ0v) is 11.5. The third-order valence-corrected chi connectivity index (χ3v) is 4.07. The molecule has 0 radical (unpaired) electrons. The van der Waals surface area contributed by atoms with Crippen molar-refractivity contribution in [1.29, 1.82) is 0 Å². The molecule has 0 spiro atoms. The number of halogens is 2. The second kappa shape index (κ2) is 5.72. The molecule has 1 aliphatic carbocycles. The van der Waals surface area contributed by atoms with Crippen molar-refractivity contribution >= 4 is 11.6 Å². The first-order valence-electron chi connectivity index (χ1n) is 6.94. The van der Waals surface area contributed by atoms with Crippen molar-refractivity contribution in [3.05, 3.63) is 17.7 Å². The fourth-order valence-corrected chi connectivity index (χ4v) is 2.49.